The van der Waals surface area contributed by atoms with E-state index in [1.54, 1.807) is 0 Å². The van der Waals surface area contributed by atoms with E-state index in [1.165, 1.54) is 19.3 Å². The van der Waals surface area contributed by atoms with Crippen molar-refractivity contribution in [1.29, 1.82) is 0 Å². The SMILES string of the molecule is O=C1c2cc(Br)cc(Br)c2OCC1(Cc1ccc(Cl)cc1)CN1CCCCC1. The summed E-state index contributed by atoms with van der Waals surface area (Å²) < 4.78 is 7.87. The zero-order valence-corrected chi connectivity index (χ0v) is 19.4. The van der Waals surface area contributed by atoms with Crippen LogP contribution in [0, 0.1) is 5.41 Å². The summed E-state index contributed by atoms with van der Waals surface area (Å²) >= 11 is 13.1. The lowest BCUT2D eigenvalue weighted by atomic mass is 9.73. The molecular weight excluding hydrogens is 506 g/mol. The average Bonchev–Trinajstić information content (AvgIpc) is 2.68. The molecule has 0 aromatic heterocycles. The molecule has 4 rings (SSSR count). The molecule has 0 N–H and O–H groups in total. The van der Waals surface area contributed by atoms with Gasteiger partial charge in [0.1, 0.15) is 12.4 Å². The van der Waals surface area contributed by atoms with Gasteiger partial charge in [0.15, 0.2) is 5.78 Å². The quantitative estimate of drug-likeness (QED) is 0.477. The summed E-state index contributed by atoms with van der Waals surface area (Å²) in [6.45, 7) is 3.20. The minimum Gasteiger partial charge on any atom is -0.491 e. The molecule has 6 heteroatoms. The Morgan fingerprint density at radius 2 is 1.79 bits per heavy atom. The average molecular weight is 528 g/mol. The summed E-state index contributed by atoms with van der Waals surface area (Å²) in [6, 6.07) is 11.6. The van der Waals surface area contributed by atoms with Crippen molar-refractivity contribution in [3.05, 3.63) is 61.5 Å². The monoisotopic (exact) mass is 525 g/mol. The van der Waals surface area contributed by atoms with Crippen molar-refractivity contribution in [2.75, 3.05) is 26.2 Å². The van der Waals surface area contributed by atoms with E-state index in [4.69, 9.17) is 16.3 Å². The van der Waals surface area contributed by atoms with E-state index >= 15 is 0 Å². The van der Waals surface area contributed by atoms with Crippen LogP contribution in [0.1, 0.15) is 35.2 Å². The van der Waals surface area contributed by atoms with Gasteiger partial charge >= 0.3 is 0 Å². The lowest BCUT2D eigenvalue weighted by Crippen LogP contribution is -2.51. The van der Waals surface area contributed by atoms with Crippen LogP contribution in [0.3, 0.4) is 0 Å². The molecule has 148 valence electrons. The van der Waals surface area contributed by atoms with Crippen molar-refractivity contribution < 1.29 is 9.53 Å². The number of halogens is 3. The number of benzene rings is 2. The summed E-state index contributed by atoms with van der Waals surface area (Å²) in [5.74, 6) is 0.815. The summed E-state index contributed by atoms with van der Waals surface area (Å²) in [5, 5.41) is 0.707. The van der Waals surface area contributed by atoms with Crippen LogP contribution in [0.5, 0.6) is 5.75 Å². The Morgan fingerprint density at radius 3 is 2.50 bits per heavy atom. The van der Waals surface area contributed by atoms with Gasteiger partial charge < -0.3 is 9.64 Å². The molecule has 0 amide bonds. The molecule has 1 saturated heterocycles. The Labute approximate surface area is 187 Å². The van der Waals surface area contributed by atoms with Crippen LogP contribution in [0.25, 0.3) is 0 Å². The summed E-state index contributed by atoms with van der Waals surface area (Å²) in [6.07, 6.45) is 4.30. The van der Waals surface area contributed by atoms with Crippen LogP contribution in [0.4, 0.5) is 0 Å². The molecule has 0 aliphatic carbocycles. The van der Waals surface area contributed by atoms with Crippen LogP contribution < -0.4 is 4.74 Å². The minimum absolute atomic E-state index is 0.163. The first kappa shape index (κ1) is 20.4. The lowest BCUT2D eigenvalue weighted by molar-refractivity contribution is 0.0428. The molecule has 2 aromatic rings. The number of carbonyl (C=O) groups is 1. The first-order valence-corrected chi connectivity index (χ1v) is 11.6. The van der Waals surface area contributed by atoms with Gasteiger partial charge in [-0.15, -0.1) is 0 Å². The van der Waals surface area contributed by atoms with Crippen molar-refractivity contribution in [3.8, 4) is 5.75 Å². The normalized spacial score (nSPS) is 22.6. The van der Waals surface area contributed by atoms with Crippen LogP contribution in [0.15, 0.2) is 45.3 Å². The predicted molar refractivity (Wildman–Crippen MR) is 120 cm³/mol. The van der Waals surface area contributed by atoms with Crippen LogP contribution in [0.2, 0.25) is 5.02 Å². The first-order chi connectivity index (χ1) is 13.5. The van der Waals surface area contributed by atoms with E-state index < -0.39 is 5.41 Å². The number of Topliss-reactive ketones (excluding diaryl/α,β-unsaturated/α-hetero) is 1. The molecule has 2 aliphatic rings. The van der Waals surface area contributed by atoms with E-state index in [-0.39, 0.29) is 5.78 Å². The molecule has 28 heavy (non-hydrogen) atoms. The zero-order chi connectivity index (χ0) is 19.7. The van der Waals surface area contributed by atoms with E-state index in [9.17, 15) is 4.79 Å². The minimum atomic E-state index is -0.599. The third kappa shape index (κ3) is 4.18. The maximum atomic E-state index is 13.8. The topological polar surface area (TPSA) is 29.5 Å². The number of ketones is 1. The van der Waals surface area contributed by atoms with E-state index in [1.807, 2.05) is 36.4 Å². The maximum Gasteiger partial charge on any atom is 0.177 e. The Kier molecular flexibility index (Phi) is 6.17. The third-order valence-corrected chi connectivity index (χ3v) is 6.96. The van der Waals surface area contributed by atoms with Crippen molar-refractivity contribution in [1.82, 2.24) is 4.90 Å². The van der Waals surface area contributed by atoms with Crippen molar-refractivity contribution in [2.24, 2.45) is 5.41 Å². The number of rotatable bonds is 4. The molecule has 3 nitrogen and oxygen atoms in total. The molecule has 0 saturated carbocycles. The fourth-order valence-electron chi connectivity index (χ4n) is 4.28. The van der Waals surface area contributed by atoms with Crippen molar-refractivity contribution in [2.45, 2.75) is 25.7 Å². The van der Waals surface area contributed by atoms with E-state index in [0.717, 1.165) is 34.1 Å². The molecule has 2 heterocycles. The molecule has 0 radical (unpaired) electrons. The highest BCUT2D eigenvalue weighted by Gasteiger charge is 2.46. The second-order valence-electron chi connectivity index (χ2n) is 7.80. The van der Waals surface area contributed by atoms with Gasteiger partial charge in [0, 0.05) is 16.0 Å². The first-order valence-electron chi connectivity index (χ1n) is 9.60. The number of piperidine rings is 1. The van der Waals surface area contributed by atoms with Gasteiger partial charge in [-0.3, -0.25) is 4.79 Å². The molecule has 1 fully saturated rings. The fourth-order valence-corrected chi connectivity index (χ4v) is 5.75. The van der Waals surface area contributed by atoms with Gasteiger partial charge in [-0.1, -0.05) is 46.1 Å². The second-order valence-corrected chi connectivity index (χ2v) is 10.0. The summed E-state index contributed by atoms with van der Waals surface area (Å²) in [5.41, 5.74) is 1.16. The summed E-state index contributed by atoms with van der Waals surface area (Å²) in [7, 11) is 0. The third-order valence-electron chi connectivity index (χ3n) is 5.66. The van der Waals surface area contributed by atoms with Gasteiger partial charge in [0.25, 0.3) is 0 Å². The van der Waals surface area contributed by atoms with Crippen molar-refractivity contribution in [3.63, 3.8) is 0 Å². The Hall–Kier alpha value is -0.880. The van der Waals surface area contributed by atoms with Gasteiger partial charge in [-0.05, 0) is 78.1 Å². The predicted octanol–water partition coefficient (Wildman–Crippen LogP) is 6.16. The number of likely N-dealkylation sites (tertiary alicyclic amines) is 1. The number of ether oxygens (including phenoxy) is 1. The Morgan fingerprint density at radius 1 is 1.07 bits per heavy atom. The number of hydrogen-bond acceptors (Lipinski definition) is 3. The Balaban J connectivity index is 1.71. The number of hydrogen-bond donors (Lipinski definition) is 0. The largest absolute Gasteiger partial charge is 0.491 e. The van der Waals surface area contributed by atoms with Crippen LogP contribution >= 0.6 is 43.5 Å². The zero-order valence-electron chi connectivity index (χ0n) is 15.5. The van der Waals surface area contributed by atoms with Crippen molar-refractivity contribution >= 4 is 49.2 Å². The summed E-state index contributed by atoms with van der Waals surface area (Å²) in [4.78, 5) is 16.2. The number of carbonyl (C=O) groups excluding carboxylic acids is 1. The fraction of sp³-hybridized carbons (Fsp3) is 0.409. The number of fused-ring (bicyclic) bond motifs is 1. The van der Waals surface area contributed by atoms with Gasteiger partial charge in [0.2, 0.25) is 0 Å². The van der Waals surface area contributed by atoms with Crippen LogP contribution in [-0.4, -0.2) is 36.9 Å². The molecule has 2 aromatic carbocycles. The van der Waals surface area contributed by atoms with E-state index in [0.29, 0.717) is 29.4 Å². The Bertz CT molecular complexity index is 881. The molecular formula is C22H22Br2ClNO2. The highest BCUT2D eigenvalue weighted by atomic mass is 79.9. The van der Waals surface area contributed by atoms with Gasteiger partial charge in [-0.25, -0.2) is 0 Å². The molecule has 2 aliphatic heterocycles. The highest BCUT2D eigenvalue weighted by molar-refractivity contribution is 9.11. The standard InChI is InChI=1S/C22H22Br2ClNO2/c23-16-10-18-20(19(24)11-16)28-14-22(21(18)27,13-26-8-2-1-3-9-26)12-15-4-6-17(25)7-5-15/h4-7,10-11H,1-3,8-9,12-14H2. The number of nitrogens with zero attached hydrogens (tertiary/aromatic N) is 1. The van der Waals surface area contributed by atoms with E-state index in [2.05, 4.69) is 36.8 Å². The van der Waals surface area contributed by atoms with Gasteiger partial charge in [-0.2, -0.15) is 0 Å². The van der Waals surface area contributed by atoms with Crippen LogP contribution in [-0.2, 0) is 6.42 Å². The molecule has 0 bridgehead atoms. The molecule has 0 spiro atoms. The smallest absolute Gasteiger partial charge is 0.177 e. The second kappa shape index (κ2) is 8.47. The van der Waals surface area contributed by atoms with Gasteiger partial charge in [0.05, 0.1) is 15.5 Å². The molecule has 1 unspecified atom stereocenters. The highest BCUT2D eigenvalue weighted by Crippen LogP contribution is 2.43. The molecule has 1 atom stereocenters. The maximum absolute atomic E-state index is 13.8. The lowest BCUT2D eigenvalue weighted by Gasteiger charge is -2.41.